The molecule has 1 atom stereocenters. The van der Waals surface area contributed by atoms with Crippen LogP contribution in [0.4, 0.5) is 0 Å². The van der Waals surface area contributed by atoms with Gasteiger partial charge < -0.3 is 10.5 Å². The van der Waals surface area contributed by atoms with Crippen molar-refractivity contribution in [3.63, 3.8) is 0 Å². The Morgan fingerprint density at radius 1 is 1.26 bits per heavy atom. The number of hydrogen-bond acceptors (Lipinski definition) is 4. The largest absolute Gasteiger partial charge is 0.497 e. The van der Waals surface area contributed by atoms with Gasteiger partial charge in [0, 0.05) is 6.42 Å². The lowest BCUT2D eigenvalue weighted by molar-refractivity contribution is 0.414. The lowest BCUT2D eigenvalue weighted by Crippen LogP contribution is -2.13. The summed E-state index contributed by atoms with van der Waals surface area (Å²) in [5.74, 6) is 2.86. The number of hydrogen-bond donors (Lipinski definition) is 2. The number of ether oxygens (including phenoxy) is 1. The number of H-pyrrole nitrogens is 1. The molecule has 0 spiro atoms. The maximum absolute atomic E-state index is 6.17. The number of nitrogens with zero attached hydrogens (tertiary/aromatic N) is 2. The monoisotopic (exact) mass is 260 g/mol. The second kappa shape index (κ2) is 5.84. The van der Waals surface area contributed by atoms with Crippen LogP contribution < -0.4 is 10.5 Å². The smallest absolute Gasteiger partial charge is 0.171 e. The lowest BCUT2D eigenvalue weighted by atomic mass is 10.1. The van der Waals surface area contributed by atoms with E-state index in [0.717, 1.165) is 23.6 Å². The highest BCUT2D eigenvalue weighted by atomic mass is 16.5. The topological polar surface area (TPSA) is 76.8 Å². The van der Waals surface area contributed by atoms with E-state index in [0.29, 0.717) is 11.7 Å². The fraction of sp³-hybridized carbons (Fsp3) is 0.429. The van der Waals surface area contributed by atoms with Gasteiger partial charge in [-0.1, -0.05) is 26.0 Å². The van der Waals surface area contributed by atoms with Gasteiger partial charge in [-0.2, -0.15) is 5.10 Å². The quantitative estimate of drug-likeness (QED) is 0.862. The first-order valence-corrected chi connectivity index (χ1v) is 6.41. The Hall–Kier alpha value is -1.88. The summed E-state index contributed by atoms with van der Waals surface area (Å²) in [6, 6.07) is 7.32. The fourth-order valence-electron chi connectivity index (χ4n) is 1.89. The predicted molar refractivity (Wildman–Crippen MR) is 73.9 cm³/mol. The first-order chi connectivity index (χ1) is 9.10. The van der Waals surface area contributed by atoms with Crippen LogP contribution in [0.3, 0.4) is 0 Å². The third kappa shape index (κ3) is 3.32. The summed E-state index contributed by atoms with van der Waals surface area (Å²) in [5, 5.41) is 7.14. The summed E-state index contributed by atoms with van der Waals surface area (Å²) < 4.78 is 5.12. The molecule has 0 aliphatic heterocycles. The van der Waals surface area contributed by atoms with Gasteiger partial charge in [0.1, 0.15) is 11.6 Å². The van der Waals surface area contributed by atoms with Crippen LogP contribution in [0.5, 0.6) is 5.75 Å². The van der Waals surface area contributed by atoms with E-state index < -0.39 is 0 Å². The highest BCUT2D eigenvalue weighted by Crippen LogP contribution is 2.19. The minimum absolute atomic E-state index is 0.317. The summed E-state index contributed by atoms with van der Waals surface area (Å²) >= 11 is 0. The molecule has 0 unspecified atom stereocenters. The fourth-order valence-corrected chi connectivity index (χ4v) is 1.89. The number of aromatic nitrogens is 3. The number of rotatable bonds is 5. The molecule has 0 amide bonds. The van der Waals surface area contributed by atoms with Crippen LogP contribution in [-0.4, -0.2) is 22.3 Å². The van der Waals surface area contributed by atoms with Crippen molar-refractivity contribution in [2.75, 3.05) is 7.11 Å². The van der Waals surface area contributed by atoms with Gasteiger partial charge in [0.05, 0.1) is 13.2 Å². The van der Waals surface area contributed by atoms with E-state index in [1.165, 1.54) is 0 Å². The lowest BCUT2D eigenvalue weighted by Gasteiger charge is -2.08. The zero-order valence-electron chi connectivity index (χ0n) is 11.6. The number of nitrogens with one attached hydrogen (secondary N) is 1. The van der Waals surface area contributed by atoms with E-state index in [9.17, 15) is 0 Å². The molecule has 2 rings (SSSR count). The van der Waals surface area contributed by atoms with E-state index in [-0.39, 0.29) is 6.04 Å². The zero-order chi connectivity index (χ0) is 13.8. The van der Waals surface area contributed by atoms with Gasteiger partial charge in [0.25, 0.3) is 0 Å². The van der Waals surface area contributed by atoms with Gasteiger partial charge in [-0.15, -0.1) is 0 Å². The summed E-state index contributed by atoms with van der Waals surface area (Å²) in [7, 11) is 1.64. The first kappa shape index (κ1) is 13.5. The van der Waals surface area contributed by atoms with Crippen LogP contribution >= 0.6 is 0 Å². The second-order valence-electron chi connectivity index (χ2n) is 4.99. The highest BCUT2D eigenvalue weighted by molar-refractivity contribution is 5.31. The standard InChI is InChI=1S/C14H20N4O/c1-9(2)8-12-16-14(18-17-12)13(15)10-4-6-11(19-3)7-5-10/h4-7,9,13H,8,15H2,1-3H3,(H,16,17,18)/t13-/m1/s1. The minimum Gasteiger partial charge on any atom is -0.497 e. The molecular formula is C14H20N4O. The maximum Gasteiger partial charge on any atom is 0.171 e. The SMILES string of the molecule is COc1ccc([C@@H](N)c2n[nH]c(CC(C)C)n2)cc1. The van der Waals surface area contributed by atoms with Crippen LogP contribution in [0.15, 0.2) is 24.3 Å². The molecule has 19 heavy (non-hydrogen) atoms. The van der Waals surface area contributed by atoms with Gasteiger partial charge in [0.2, 0.25) is 0 Å². The highest BCUT2D eigenvalue weighted by Gasteiger charge is 2.15. The molecule has 1 heterocycles. The third-order valence-electron chi connectivity index (χ3n) is 2.90. The summed E-state index contributed by atoms with van der Waals surface area (Å²) in [5.41, 5.74) is 7.13. The van der Waals surface area contributed by atoms with Crippen molar-refractivity contribution in [1.82, 2.24) is 15.2 Å². The summed E-state index contributed by atoms with van der Waals surface area (Å²) in [4.78, 5) is 4.45. The van der Waals surface area contributed by atoms with Crippen LogP contribution in [0, 0.1) is 5.92 Å². The molecule has 0 aliphatic carbocycles. The number of nitrogens with two attached hydrogens (primary N) is 1. The number of benzene rings is 1. The van der Waals surface area contributed by atoms with E-state index in [1.54, 1.807) is 7.11 Å². The first-order valence-electron chi connectivity index (χ1n) is 6.41. The predicted octanol–water partition coefficient (Wildman–Crippen LogP) is 2.06. The van der Waals surface area contributed by atoms with Gasteiger partial charge in [-0.05, 0) is 23.6 Å². The Balaban J connectivity index is 2.13. The molecule has 102 valence electrons. The van der Waals surface area contributed by atoms with E-state index >= 15 is 0 Å². The molecule has 0 saturated heterocycles. The van der Waals surface area contributed by atoms with E-state index in [1.807, 2.05) is 24.3 Å². The van der Waals surface area contributed by atoms with Crippen molar-refractivity contribution >= 4 is 0 Å². The van der Waals surface area contributed by atoms with Crippen molar-refractivity contribution in [3.8, 4) is 5.75 Å². The van der Waals surface area contributed by atoms with Gasteiger partial charge >= 0.3 is 0 Å². The third-order valence-corrected chi connectivity index (χ3v) is 2.90. The molecule has 1 aromatic heterocycles. The number of aromatic amines is 1. The molecular weight excluding hydrogens is 240 g/mol. The van der Waals surface area contributed by atoms with Crippen LogP contribution in [0.1, 0.15) is 37.1 Å². The van der Waals surface area contributed by atoms with E-state index in [2.05, 4.69) is 29.0 Å². The molecule has 0 saturated carbocycles. The Labute approximate surface area is 113 Å². The van der Waals surface area contributed by atoms with Crippen LogP contribution in [0.25, 0.3) is 0 Å². The summed E-state index contributed by atoms with van der Waals surface area (Å²) in [6.45, 7) is 4.29. The zero-order valence-corrected chi connectivity index (χ0v) is 11.6. The Kier molecular flexibility index (Phi) is 4.16. The van der Waals surface area contributed by atoms with Crippen molar-refractivity contribution in [2.45, 2.75) is 26.3 Å². The number of methoxy groups -OCH3 is 1. The molecule has 0 fully saturated rings. The molecule has 5 nitrogen and oxygen atoms in total. The average Bonchev–Trinajstić information content (AvgIpc) is 2.85. The van der Waals surface area contributed by atoms with Gasteiger partial charge in [-0.25, -0.2) is 4.98 Å². The van der Waals surface area contributed by atoms with Crippen molar-refractivity contribution in [3.05, 3.63) is 41.5 Å². The summed E-state index contributed by atoms with van der Waals surface area (Å²) in [6.07, 6.45) is 0.877. The van der Waals surface area contributed by atoms with Crippen LogP contribution in [-0.2, 0) is 6.42 Å². The second-order valence-corrected chi connectivity index (χ2v) is 4.99. The van der Waals surface area contributed by atoms with E-state index in [4.69, 9.17) is 10.5 Å². The molecule has 1 aromatic carbocycles. The van der Waals surface area contributed by atoms with Gasteiger partial charge in [-0.3, -0.25) is 5.10 Å². The average molecular weight is 260 g/mol. The van der Waals surface area contributed by atoms with Crippen molar-refractivity contribution in [1.29, 1.82) is 0 Å². The Bertz CT molecular complexity index is 518. The van der Waals surface area contributed by atoms with Crippen molar-refractivity contribution in [2.24, 2.45) is 11.7 Å². The normalized spacial score (nSPS) is 12.7. The molecule has 5 heteroatoms. The molecule has 2 aromatic rings. The van der Waals surface area contributed by atoms with Crippen molar-refractivity contribution < 1.29 is 4.74 Å². The molecule has 0 bridgehead atoms. The molecule has 3 N–H and O–H groups in total. The molecule has 0 aliphatic rings. The van der Waals surface area contributed by atoms with Gasteiger partial charge in [0.15, 0.2) is 5.82 Å². The maximum atomic E-state index is 6.17. The molecule has 0 radical (unpaired) electrons. The Morgan fingerprint density at radius 3 is 2.53 bits per heavy atom. The minimum atomic E-state index is -0.317. The Morgan fingerprint density at radius 2 is 1.95 bits per heavy atom. The van der Waals surface area contributed by atoms with Crippen LogP contribution in [0.2, 0.25) is 0 Å².